The number of benzene rings is 2. The molecule has 196 valence electrons. The molecule has 0 saturated heterocycles. The highest BCUT2D eigenvalue weighted by atomic mass is 32.2. The lowest BCUT2D eigenvalue weighted by Crippen LogP contribution is -2.56. The largest absolute Gasteiger partial charge is 0.447 e. The standard InChI is InChI=1S/C19H21N9O6S3/c1-19(2,17(20)34-8-29)26-37(32,33)12-7-6-9(10-4-3-5-11-14(10)23-18(21)35-11)13(15(12)36(22,30)31)16-24-27-28-25-16/h3-8,17,26H,20H2,1-2H3,(H2,21,23)(H2,22,30,31)(H,24,25,27,28). The van der Waals surface area contributed by atoms with Crippen molar-refractivity contribution in [3.8, 4) is 22.5 Å². The summed E-state index contributed by atoms with van der Waals surface area (Å²) in [6.45, 7) is 2.75. The molecule has 0 aliphatic heterocycles. The first-order valence-electron chi connectivity index (χ1n) is 10.2. The summed E-state index contributed by atoms with van der Waals surface area (Å²) in [6, 6.07) is 7.57. The quantitative estimate of drug-likeness (QED) is 0.131. The maximum Gasteiger partial charge on any atom is 0.294 e. The van der Waals surface area contributed by atoms with Crippen LogP contribution in [0.3, 0.4) is 0 Å². The third-order valence-corrected chi connectivity index (χ3v) is 8.99. The van der Waals surface area contributed by atoms with E-state index in [1.807, 2.05) is 0 Å². The van der Waals surface area contributed by atoms with Gasteiger partial charge in [0.2, 0.25) is 25.9 Å². The lowest BCUT2D eigenvalue weighted by atomic mass is 9.98. The number of nitrogens with two attached hydrogens (primary N) is 3. The molecule has 0 bridgehead atoms. The molecular formula is C19H21N9O6S3. The highest BCUT2D eigenvalue weighted by molar-refractivity contribution is 7.92. The van der Waals surface area contributed by atoms with E-state index in [2.05, 4.69) is 35.1 Å². The minimum Gasteiger partial charge on any atom is -0.447 e. The zero-order chi connectivity index (χ0) is 27.2. The van der Waals surface area contributed by atoms with E-state index in [0.717, 1.165) is 6.07 Å². The number of nitrogens with zero attached hydrogens (tertiary/aromatic N) is 4. The number of hydrogen-bond acceptors (Lipinski definition) is 13. The number of aromatic nitrogens is 5. The van der Waals surface area contributed by atoms with Gasteiger partial charge in [-0.15, -0.1) is 10.2 Å². The minimum atomic E-state index is -4.74. The number of thiazole rings is 1. The van der Waals surface area contributed by atoms with Crippen LogP contribution in [0.5, 0.6) is 0 Å². The molecular weight excluding hydrogens is 546 g/mol. The van der Waals surface area contributed by atoms with Crippen LogP contribution >= 0.6 is 11.3 Å². The number of ether oxygens (including phenoxy) is 1. The summed E-state index contributed by atoms with van der Waals surface area (Å²) in [5.74, 6) is -0.239. The van der Waals surface area contributed by atoms with Gasteiger partial charge in [0, 0.05) is 5.56 Å². The molecule has 0 aliphatic carbocycles. The van der Waals surface area contributed by atoms with Crippen LogP contribution in [0.4, 0.5) is 5.13 Å². The van der Waals surface area contributed by atoms with E-state index in [1.54, 1.807) is 18.2 Å². The first kappa shape index (κ1) is 26.5. The van der Waals surface area contributed by atoms with Crippen molar-refractivity contribution < 1.29 is 26.4 Å². The SMILES string of the molecule is CC(C)(NS(=O)(=O)c1ccc(-c2cccc3sc(N)nc23)c(-c2nn[nH]n2)c1S(N)(=O)=O)C(N)OC=O. The Morgan fingerprint density at radius 2 is 1.89 bits per heavy atom. The molecule has 4 rings (SSSR count). The normalized spacial score (nSPS) is 13.5. The number of H-pyrrole nitrogens is 1. The minimum absolute atomic E-state index is 0.0610. The van der Waals surface area contributed by atoms with Gasteiger partial charge in [-0.1, -0.05) is 29.5 Å². The second kappa shape index (κ2) is 9.39. The Kier molecular flexibility index (Phi) is 6.73. The number of nitrogen functional groups attached to an aromatic ring is 1. The average molecular weight is 568 g/mol. The molecule has 8 N–H and O–H groups in total. The Hall–Kier alpha value is -3.55. The molecule has 0 amide bonds. The van der Waals surface area contributed by atoms with Crippen molar-refractivity contribution in [3.63, 3.8) is 0 Å². The predicted octanol–water partition coefficient (Wildman–Crippen LogP) is -0.112. The van der Waals surface area contributed by atoms with Gasteiger partial charge in [0.05, 0.1) is 21.3 Å². The molecule has 37 heavy (non-hydrogen) atoms. The molecule has 15 nitrogen and oxygen atoms in total. The fraction of sp³-hybridized carbons (Fsp3) is 0.211. The van der Waals surface area contributed by atoms with E-state index in [4.69, 9.17) is 16.6 Å². The zero-order valence-corrected chi connectivity index (χ0v) is 21.7. The number of fused-ring (bicyclic) bond motifs is 1. The van der Waals surface area contributed by atoms with Gasteiger partial charge in [-0.05, 0) is 36.8 Å². The summed E-state index contributed by atoms with van der Waals surface area (Å²) in [7, 11) is -9.39. The number of aromatic amines is 1. The van der Waals surface area contributed by atoms with E-state index in [9.17, 15) is 21.6 Å². The van der Waals surface area contributed by atoms with E-state index in [-0.39, 0.29) is 28.6 Å². The third kappa shape index (κ3) is 5.02. The maximum atomic E-state index is 13.5. The predicted molar refractivity (Wildman–Crippen MR) is 134 cm³/mol. The fourth-order valence-electron chi connectivity index (χ4n) is 3.64. The van der Waals surface area contributed by atoms with Crippen LogP contribution in [0.2, 0.25) is 0 Å². The van der Waals surface area contributed by atoms with Gasteiger partial charge in [-0.25, -0.2) is 31.7 Å². The zero-order valence-electron chi connectivity index (χ0n) is 19.2. The van der Waals surface area contributed by atoms with E-state index >= 15 is 0 Å². The topological polar surface area (TPSA) is 252 Å². The number of carbonyl (C=O) groups is 1. The second-order valence-electron chi connectivity index (χ2n) is 8.28. The van der Waals surface area contributed by atoms with Crippen molar-refractivity contribution in [1.82, 2.24) is 30.3 Å². The van der Waals surface area contributed by atoms with Crippen LogP contribution in [-0.4, -0.2) is 60.7 Å². The molecule has 2 aromatic carbocycles. The number of sulfonamides is 2. The van der Waals surface area contributed by atoms with Crippen LogP contribution < -0.4 is 21.3 Å². The van der Waals surface area contributed by atoms with Gasteiger partial charge in [-0.2, -0.15) is 5.21 Å². The summed E-state index contributed by atoms with van der Waals surface area (Å²) in [5, 5.41) is 19.3. The van der Waals surface area contributed by atoms with Gasteiger partial charge < -0.3 is 10.5 Å². The molecule has 2 heterocycles. The highest BCUT2D eigenvalue weighted by Gasteiger charge is 2.38. The van der Waals surface area contributed by atoms with Crippen LogP contribution in [0, 0.1) is 0 Å². The lowest BCUT2D eigenvalue weighted by molar-refractivity contribution is -0.136. The van der Waals surface area contributed by atoms with Crippen LogP contribution in [0.15, 0.2) is 40.1 Å². The number of hydrogen-bond donors (Lipinski definition) is 5. The monoisotopic (exact) mass is 567 g/mol. The van der Waals surface area contributed by atoms with Gasteiger partial charge in [0.1, 0.15) is 9.79 Å². The summed E-state index contributed by atoms with van der Waals surface area (Å²) in [4.78, 5) is 13.5. The van der Waals surface area contributed by atoms with Crippen LogP contribution in [-0.2, 0) is 29.6 Å². The molecule has 0 aliphatic rings. The molecule has 4 aromatic rings. The van der Waals surface area contributed by atoms with Crippen molar-refractivity contribution >= 4 is 53.2 Å². The molecule has 0 saturated carbocycles. The molecule has 1 atom stereocenters. The maximum absolute atomic E-state index is 13.5. The van der Waals surface area contributed by atoms with Crippen LogP contribution in [0.25, 0.3) is 32.7 Å². The summed E-state index contributed by atoms with van der Waals surface area (Å²) >= 11 is 1.21. The Balaban J connectivity index is 2.05. The highest BCUT2D eigenvalue weighted by Crippen LogP contribution is 2.42. The Labute approximate surface area is 214 Å². The Bertz CT molecular complexity index is 1700. The number of anilines is 1. The molecule has 1 unspecified atom stereocenters. The Morgan fingerprint density at radius 1 is 1.16 bits per heavy atom. The first-order valence-corrected chi connectivity index (χ1v) is 14.1. The third-order valence-electron chi connectivity index (χ3n) is 5.30. The number of tetrazole rings is 1. The van der Waals surface area contributed by atoms with Gasteiger partial charge in [-0.3, -0.25) is 10.5 Å². The fourth-order valence-corrected chi connectivity index (χ4v) is 7.43. The van der Waals surface area contributed by atoms with Crippen molar-refractivity contribution in [2.45, 2.75) is 35.4 Å². The number of nitrogens with one attached hydrogen (secondary N) is 2. The molecule has 18 heteroatoms. The average Bonchev–Trinajstić information content (AvgIpc) is 3.45. The molecule has 0 fully saturated rings. The number of para-hydroxylation sites is 1. The lowest BCUT2D eigenvalue weighted by Gasteiger charge is -2.30. The summed E-state index contributed by atoms with van der Waals surface area (Å²) < 4.78 is 60.5. The van der Waals surface area contributed by atoms with Crippen molar-refractivity contribution in [3.05, 3.63) is 30.3 Å². The smallest absolute Gasteiger partial charge is 0.294 e. The van der Waals surface area contributed by atoms with E-state index in [0.29, 0.717) is 15.8 Å². The number of primary sulfonamides is 1. The Morgan fingerprint density at radius 3 is 2.51 bits per heavy atom. The summed E-state index contributed by atoms with van der Waals surface area (Å²) in [5.41, 5.74) is 10.9. The summed E-state index contributed by atoms with van der Waals surface area (Å²) in [6.07, 6.45) is -1.40. The van der Waals surface area contributed by atoms with Crippen molar-refractivity contribution in [2.24, 2.45) is 10.9 Å². The first-order chi connectivity index (χ1) is 17.3. The molecule has 0 spiro atoms. The molecule has 0 radical (unpaired) electrons. The number of rotatable bonds is 9. The number of carbonyl (C=O) groups excluding carboxylic acids is 1. The van der Waals surface area contributed by atoms with Crippen molar-refractivity contribution in [1.29, 1.82) is 0 Å². The van der Waals surface area contributed by atoms with E-state index in [1.165, 1.54) is 31.3 Å². The van der Waals surface area contributed by atoms with E-state index < -0.39 is 41.6 Å². The van der Waals surface area contributed by atoms with Gasteiger partial charge in [0.25, 0.3) is 6.47 Å². The van der Waals surface area contributed by atoms with Gasteiger partial charge in [0.15, 0.2) is 11.4 Å². The molecule has 2 aromatic heterocycles. The van der Waals surface area contributed by atoms with Crippen LogP contribution in [0.1, 0.15) is 13.8 Å². The van der Waals surface area contributed by atoms with Gasteiger partial charge >= 0.3 is 0 Å². The second-order valence-corrected chi connectivity index (χ2v) is 12.5. The van der Waals surface area contributed by atoms with Crippen molar-refractivity contribution in [2.75, 3.05) is 5.73 Å².